The van der Waals surface area contributed by atoms with Gasteiger partial charge in [-0.3, -0.25) is 12.2 Å². The SMILES string of the molecule is Cl.[C-]1=CC=CC1.[C-]1=CC=CC1.[CH2-]CCC.[Zr+3]. The molecule has 0 spiro atoms. The fraction of sp³-hybridized carbons (Fsp3) is 0.357. The molecule has 0 nitrogen and oxygen atoms in total. The molecule has 87 valence electrons. The summed E-state index contributed by atoms with van der Waals surface area (Å²) in [5, 5.41) is 0. The smallest absolute Gasteiger partial charge is 0.343 e. The van der Waals surface area contributed by atoms with Crippen LogP contribution in [-0.2, 0) is 26.2 Å². The van der Waals surface area contributed by atoms with Gasteiger partial charge in [-0.25, -0.2) is 24.3 Å². The number of hydrogen-bond donors (Lipinski definition) is 0. The summed E-state index contributed by atoms with van der Waals surface area (Å²) in [6.45, 7) is 5.72. The van der Waals surface area contributed by atoms with Crippen molar-refractivity contribution in [1.29, 1.82) is 0 Å². The van der Waals surface area contributed by atoms with E-state index in [1.165, 1.54) is 6.42 Å². The van der Waals surface area contributed by atoms with E-state index < -0.39 is 0 Å². The fourth-order valence-electron chi connectivity index (χ4n) is 0.680. The first-order valence-electron chi connectivity index (χ1n) is 5.14. The predicted molar refractivity (Wildman–Crippen MR) is 70.7 cm³/mol. The number of allylic oxidation sites excluding steroid dienone is 8. The third-order valence-electron chi connectivity index (χ3n) is 1.53. The molecule has 0 bridgehead atoms. The summed E-state index contributed by atoms with van der Waals surface area (Å²) >= 11 is 0. The van der Waals surface area contributed by atoms with Crippen LogP contribution in [0.1, 0.15) is 32.6 Å². The van der Waals surface area contributed by atoms with E-state index in [9.17, 15) is 0 Å². The maximum Gasteiger partial charge on any atom is 3.00 e. The molecule has 0 atom stereocenters. The molecule has 0 fully saturated rings. The predicted octanol–water partition coefficient (Wildman–Crippen LogP) is 4.65. The molecule has 0 unspecified atom stereocenters. The van der Waals surface area contributed by atoms with Crippen LogP contribution in [0.15, 0.2) is 36.5 Å². The van der Waals surface area contributed by atoms with Crippen molar-refractivity contribution >= 4 is 12.4 Å². The second kappa shape index (κ2) is 20.5. The van der Waals surface area contributed by atoms with Crippen molar-refractivity contribution in [3.05, 3.63) is 55.5 Å². The van der Waals surface area contributed by atoms with Crippen molar-refractivity contribution in [3.8, 4) is 0 Å². The Morgan fingerprint density at radius 2 is 1.44 bits per heavy atom. The van der Waals surface area contributed by atoms with E-state index >= 15 is 0 Å². The van der Waals surface area contributed by atoms with Gasteiger partial charge in [-0.15, -0.1) is 25.2 Å². The van der Waals surface area contributed by atoms with E-state index in [1.54, 1.807) is 0 Å². The molecule has 0 heterocycles. The normalized spacial score (nSPS) is 12.9. The van der Waals surface area contributed by atoms with Gasteiger partial charge in [-0.05, 0) is 0 Å². The van der Waals surface area contributed by atoms with E-state index in [2.05, 4.69) is 38.2 Å². The van der Waals surface area contributed by atoms with Gasteiger partial charge < -0.3 is 6.92 Å². The van der Waals surface area contributed by atoms with Crippen molar-refractivity contribution < 1.29 is 26.2 Å². The third kappa shape index (κ3) is 19.7. The van der Waals surface area contributed by atoms with Crippen LogP contribution in [0.5, 0.6) is 0 Å². The first kappa shape index (κ1) is 21.4. The first-order valence-corrected chi connectivity index (χ1v) is 5.14. The number of hydrogen-bond acceptors (Lipinski definition) is 0. The van der Waals surface area contributed by atoms with E-state index in [-0.39, 0.29) is 38.6 Å². The molecule has 0 aromatic rings. The van der Waals surface area contributed by atoms with E-state index in [0.29, 0.717) is 0 Å². The van der Waals surface area contributed by atoms with Crippen LogP contribution in [0.2, 0.25) is 0 Å². The Morgan fingerprint density at radius 1 is 1.06 bits per heavy atom. The largest absolute Gasteiger partial charge is 3.00 e. The van der Waals surface area contributed by atoms with Gasteiger partial charge in [0.25, 0.3) is 0 Å². The van der Waals surface area contributed by atoms with Crippen LogP contribution in [-0.4, -0.2) is 0 Å². The summed E-state index contributed by atoms with van der Waals surface area (Å²) in [7, 11) is 0. The van der Waals surface area contributed by atoms with Crippen LogP contribution < -0.4 is 0 Å². The first-order chi connectivity index (χ1) is 6.91. The Morgan fingerprint density at radius 3 is 1.50 bits per heavy atom. The monoisotopic (exact) mass is 313 g/mol. The Bertz CT molecular complexity index is 171. The molecule has 0 saturated carbocycles. The molecule has 0 aromatic heterocycles. The summed E-state index contributed by atoms with van der Waals surface area (Å²) in [5.41, 5.74) is 0. The van der Waals surface area contributed by atoms with Gasteiger partial charge in [0.2, 0.25) is 0 Å². The van der Waals surface area contributed by atoms with E-state index in [0.717, 1.165) is 19.3 Å². The van der Waals surface area contributed by atoms with Crippen molar-refractivity contribution in [3.63, 3.8) is 0 Å². The molecule has 0 N–H and O–H groups in total. The van der Waals surface area contributed by atoms with Gasteiger partial charge in [-0.2, -0.15) is 18.6 Å². The maximum absolute atomic E-state index is 3.60. The summed E-state index contributed by atoms with van der Waals surface area (Å²) in [6.07, 6.45) is 22.3. The van der Waals surface area contributed by atoms with E-state index in [4.69, 9.17) is 0 Å². The van der Waals surface area contributed by atoms with Gasteiger partial charge in [0.1, 0.15) is 0 Å². The van der Waals surface area contributed by atoms with Crippen molar-refractivity contribution in [2.75, 3.05) is 0 Å². The topological polar surface area (TPSA) is 0 Å². The Labute approximate surface area is 126 Å². The second-order valence-corrected chi connectivity index (χ2v) is 2.86. The Kier molecular flexibility index (Phi) is 27.5. The summed E-state index contributed by atoms with van der Waals surface area (Å²) < 4.78 is 0. The molecule has 0 aliphatic heterocycles. The van der Waals surface area contributed by atoms with Gasteiger partial charge in [0, 0.05) is 0 Å². The van der Waals surface area contributed by atoms with Crippen LogP contribution in [0.25, 0.3) is 0 Å². The third-order valence-corrected chi connectivity index (χ3v) is 1.53. The average molecular weight is 315 g/mol. The molecule has 2 aliphatic rings. The van der Waals surface area contributed by atoms with Crippen molar-refractivity contribution in [2.24, 2.45) is 0 Å². The molecule has 16 heavy (non-hydrogen) atoms. The molecule has 2 heteroatoms. The van der Waals surface area contributed by atoms with Gasteiger partial charge >= 0.3 is 26.2 Å². The molecule has 0 amide bonds. The van der Waals surface area contributed by atoms with Gasteiger partial charge in [0.05, 0.1) is 0 Å². The Balaban J connectivity index is -0.000000151. The standard InChI is InChI=1S/2C5H5.C4H9.ClH.Zr/c2*1-2-4-5-3-1;1-3-4-2;;/h2*1-3H,4H2;1,3-4H2,2H3;1H;/q3*-1;;+3. The fourth-order valence-corrected chi connectivity index (χ4v) is 0.680. The number of halogens is 1. The summed E-state index contributed by atoms with van der Waals surface area (Å²) in [4.78, 5) is 0. The van der Waals surface area contributed by atoms with Crippen LogP contribution in [0, 0.1) is 19.1 Å². The van der Waals surface area contributed by atoms with Crippen LogP contribution in [0.3, 0.4) is 0 Å². The zero-order valence-corrected chi connectivity index (χ0v) is 13.2. The molecule has 0 aromatic carbocycles. The molecule has 2 aliphatic carbocycles. The zero-order valence-electron chi connectivity index (χ0n) is 9.91. The minimum absolute atomic E-state index is 0. The Hall–Kier alpha value is 0.133. The quantitative estimate of drug-likeness (QED) is 0.618. The maximum atomic E-state index is 3.60. The second-order valence-electron chi connectivity index (χ2n) is 2.86. The van der Waals surface area contributed by atoms with Crippen molar-refractivity contribution in [2.45, 2.75) is 32.6 Å². The minimum atomic E-state index is 0. The summed E-state index contributed by atoms with van der Waals surface area (Å²) in [5.74, 6) is 0. The minimum Gasteiger partial charge on any atom is -0.343 e. The van der Waals surface area contributed by atoms with Crippen LogP contribution >= 0.6 is 12.4 Å². The number of rotatable bonds is 1. The number of unbranched alkanes of at least 4 members (excludes halogenated alkanes) is 1. The summed E-state index contributed by atoms with van der Waals surface area (Å²) in [6, 6.07) is 0. The molecule has 1 radical (unpaired) electrons. The van der Waals surface area contributed by atoms with Crippen molar-refractivity contribution in [1.82, 2.24) is 0 Å². The molecular formula is C14H20ClZr. The molecular weight excluding hydrogens is 295 g/mol. The van der Waals surface area contributed by atoms with Crippen LogP contribution in [0.4, 0.5) is 0 Å². The van der Waals surface area contributed by atoms with E-state index in [1.807, 2.05) is 24.3 Å². The average Bonchev–Trinajstić information content (AvgIpc) is 2.94. The van der Waals surface area contributed by atoms with Gasteiger partial charge in [-0.1, -0.05) is 13.3 Å². The molecule has 2 rings (SSSR count). The zero-order chi connectivity index (χ0) is 10.5. The van der Waals surface area contributed by atoms with Gasteiger partial charge in [0.15, 0.2) is 0 Å². The molecule has 0 saturated heterocycles.